The van der Waals surface area contributed by atoms with Gasteiger partial charge in [-0.3, -0.25) is 14.7 Å². The molecule has 1 N–H and O–H groups in total. The van der Waals surface area contributed by atoms with Crippen molar-refractivity contribution >= 4 is 23.4 Å². The lowest BCUT2D eigenvalue weighted by Gasteiger charge is -2.24. The van der Waals surface area contributed by atoms with E-state index >= 15 is 0 Å². The Balaban J connectivity index is 1.69. The van der Waals surface area contributed by atoms with Gasteiger partial charge in [0.2, 0.25) is 0 Å². The van der Waals surface area contributed by atoms with Gasteiger partial charge in [0, 0.05) is 28.8 Å². The molecule has 1 saturated carbocycles. The molecule has 2 aromatic rings. The second-order valence-electron chi connectivity index (χ2n) is 6.05. The lowest BCUT2D eigenvalue weighted by Crippen LogP contribution is -2.25. The van der Waals surface area contributed by atoms with Crippen molar-refractivity contribution in [1.29, 1.82) is 0 Å². The van der Waals surface area contributed by atoms with E-state index in [0.29, 0.717) is 22.2 Å². The molecule has 6 nitrogen and oxygen atoms in total. The molecule has 0 bridgehead atoms. The Bertz CT molecular complexity index is 970. The van der Waals surface area contributed by atoms with E-state index in [1.165, 1.54) is 23.2 Å². The molecule has 1 aliphatic carbocycles. The molecule has 1 fully saturated rings. The standard InChI is InChI=1S/C18H14ClN3O3/c19-14-8-13-15(7-12(14)9-22-10-20-6-5-17(22)23)21-18(24)25-16(13)4-3-11-1-2-11/h5-8,10-11,16H,1-2,9H2,(H,21,24)/t16-/m0/s1. The molecule has 1 aromatic heterocycles. The molecule has 4 rings (SSSR count). The van der Waals surface area contributed by atoms with Crippen molar-refractivity contribution in [1.82, 2.24) is 9.55 Å². The van der Waals surface area contributed by atoms with Crippen LogP contribution in [0.3, 0.4) is 0 Å². The number of ether oxygens (including phenoxy) is 1. The van der Waals surface area contributed by atoms with Crippen LogP contribution in [0.15, 0.2) is 35.5 Å². The van der Waals surface area contributed by atoms with Crippen LogP contribution in [-0.4, -0.2) is 15.6 Å². The minimum absolute atomic E-state index is 0.177. The van der Waals surface area contributed by atoms with Crippen molar-refractivity contribution in [3.63, 3.8) is 0 Å². The van der Waals surface area contributed by atoms with Crippen molar-refractivity contribution in [2.75, 3.05) is 5.32 Å². The average molecular weight is 356 g/mol. The monoisotopic (exact) mass is 355 g/mol. The minimum atomic E-state index is -0.628. The van der Waals surface area contributed by atoms with Gasteiger partial charge in [0.1, 0.15) is 0 Å². The fourth-order valence-electron chi connectivity index (χ4n) is 2.60. The van der Waals surface area contributed by atoms with Gasteiger partial charge in [-0.1, -0.05) is 23.4 Å². The normalized spacial score (nSPS) is 18.4. The average Bonchev–Trinajstić information content (AvgIpc) is 3.40. The number of anilines is 1. The van der Waals surface area contributed by atoms with E-state index in [1.807, 2.05) is 0 Å². The number of benzene rings is 1. The maximum absolute atomic E-state index is 11.9. The van der Waals surface area contributed by atoms with Crippen LogP contribution in [0.25, 0.3) is 0 Å². The molecule has 2 heterocycles. The second kappa shape index (κ2) is 6.26. The van der Waals surface area contributed by atoms with Gasteiger partial charge < -0.3 is 4.74 Å². The number of carbonyl (C=O) groups excluding carboxylic acids is 1. The van der Waals surface area contributed by atoms with Crippen molar-refractivity contribution in [2.24, 2.45) is 5.92 Å². The van der Waals surface area contributed by atoms with E-state index in [0.717, 1.165) is 18.4 Å². The lowest BCUT2D eigenvalue weighted by atomic mass is 10.0. The summed E-state index contributed by atoms with van der Waals surface area (Å²) >= 11 is 6.39. The molecule has 0 radical (unpaired) electrons. The van der Waals surface area contributed by atoms with E-state index in [-0.39, 0.29) is 12.1 Å². The highest BCUT2D eigenvalue weighted by atomic mass is 35.5. The Morgan fingerprint density at radius 3 is 2.92 bits per heavy atom. The van der Waals surface area contributed by atoms with E-state index in [4.69, 9.17) is 16.3 Å². The van der Waals surface area contributed by atoms with Crippen LogP contribution in [0.2, 0.25) is 5.02 Å². The number of carbonyl (C=O) groups is 1. The second-order valence-corrected chi connectivity index (χ2v) is 6.46. The van der Waals surface area contributed by atoms with Crippen molar-refractivity contribution in [3.05, 3.63) is 57.2 Å². The third-order valence-electron chi connectivity index (χ3n) is 4.09. The van der Waals surface area contributed by atoms with E-state index < -0.39 is 12.2 Å². The summed E-state index contributed by atoms with van der Waals surface area (Å²) in [5, 5.41) is 3.15. The summed E-state index contributed by atoms with van der Waals surface area (Å²) < 4.78 is 6.72. The van der Waals surface area contributed by atoms with Gasteiger partial charge in [0.15, 0.2) is 6.10 Å². The minimum Gasteiger partial charge on any atom is -0.428 e. The van der Waals surface area contributed by atoms with E-state index in [9.17, 15) is 9.59 Å². The predicted octanol–water partition coefficient (Wildman–Crippen LogP) is 2.96. The molecular formula is C18H14ClN3O3. The summed E-state index contributed by atoms with van der Waals surface area (Å²) in [6.45, 7) is 0.258. The number of amides is 1. The Hall–Kier alpha value is -2.78. The highest BCUT2D eigenvalue weighted by molar-refractivity contribution is 6.31. The third kappa shape index (κ3) is 3.37. The van der Waals surface area contributed by atoms with Gasteiger partial charge in [-0.25, -0.2) is 9.78 Å². The van der Waals surface area contributed by atoms with Crippen LogP contribution >= 0.6 is 11.6 Å². The molecular weight excluding hydrogens is 342 g/mol. The number of hydrogen-bond acceptors (Lipinski definition) is 4. The number of hydrogen-bond donors (Lipinski definition) is 1. The highest BCUT2D eigenvalue weighted by Crippen LogP contribution is 2.35. The van der Waals surface area contributed by atoms with Gasteiger partial charge in [-0.2, -0.15) is 0 Å². The summed E-state index contributed by atoms with van der Waals surface area (Å²) in [5.41, 5.74) is 1.85. The number of nitrogens with zero attached hydrogens (tertiary/aromatic N) is 2. The van der Waals surface area contributed by atoms with Gasteiger partial charge in [0.25, 0.3) is 5.56 Å². The number of cyclic esters (lactones) is 1. The van der Waals surface area contributed by atoms with Crippen LogP contribution in [0.5, 0.6) is 0 Å². The van der Waals surface area contributed by atoms with E-state index in [2.05, 4.69) is 22.1 Å². The lowest BCUT2D eigenvalue weighted by molar-refractivity contribution is 0.134. The van der Waals surface area contributed by atoms with E-state index in [1.54, 1.807) is 12.1 Å². The Morgan fingerprint density at radius 1 is 1.32 bits per heavy atom. The third-order valence-corrected chi connectivity index (χ3v) is 4.44. The van der Waals surface area contributed by atoms with Crippen LogP contribution in [0.1, 0.15) is 30.1 Å². The molecule has 2 aliphatic rings. The SMILES string of the molecule is O=C1Nc2cc(Cn3cnccc3=O)c(Cl)cc2[C@H](C#CC2CC2)O1. The predicted molar refractivity (Wildman–Crippen MR) is 92.4 cm³/mol. The molecule has 1 amide bonds. The number of aromatic nitrogens is 2. The Kier molecular flexibility index (Phi) is 3.94. The molecule has 7 heteroatoms. The molecule has 0 unspecified atom stereocenters. The molecule has 0 spiro atoms. The summed E-state index contributed by atoms with van der Waals surface area (Å²) in [6, 6.07) is 4.87. The fraction of sp³-hybridized carbons (Fsp3) is 0.278. The Labute approximate surface area is 148 Å². The number of nitrogens with one attached hydrogen (secondary N) is 1. The van der Waals surface area contributed by atoms with Gasteiger partial charge in [-0.15, -0.1) is 0 Å². The van der Waals surface area contributed by atoms with Crippen molar-refractivity contribution in [3.8, 4) is 11.8 Å². The van der Waals surface area contributed by atoms with Gasteiger partial charge in [-0.05, 0) is 30.5 Å². The summed E-state index contributed by atoms with van der Waals surface area (Å²) in [5.74, 6) is 6.54. The largest absolute Gasteiger partial charge is 0.428 e. The zero-order chi connectivity index (χ0) is 17.4. The van der Waals surface area contributed by atoms with Gasteiger partial charge >= 0.3 is 6.09 Å². The molecule has 1 aromatic carbocycles. The van der Waals surface area contributed by atoms with Crippen LogP contribution in [0.4, 0.5) is 10.5 Å². The maximum atomic E-state index is 11.9. The number of rotatable bonds is 2. The van der Waals surface area contributed by atoms with Crippen molar-refractivity contribution in [2.45, 2.75) is 25.5 Å². The smallest absolute Gasteiger partial charge is 0.413 e. The summed E-state index contributed by atoms with van der Waals surface area (Å²) in [6.07, 6.45) is 3.90. The molecule has 25 heavy (non-hydrogen) atoms. The van der Waals surface area contributed by atoms with Gasteiger partial charge in [0.05, 0.1) is 18.6 Å². The molecule has 126 valence electrons. The zero-order valence-corrected chi connectivity index (χ0v) is 13.9. The quantitative estimate of drug-likeness (QED) is 0.840. The number of halogens is 1. The summed E-state index contributed by atoms with van der Waals surface area (Å²) in [4.78, 5) is 27.6. The van der Waals surface area contributed by atoms with Crippen LogP contribution in [0, 0.1) is 17.8 Å². The molecule has 0 saturated heterocycles. The first-order valence-electron chi connectivity index (χ1n) is 7.91. The van der Waals surface area contributed by atoms with Crippen LogP contribution < -0.4 is 10.9 Å². The molecule has 1 aliphatic heterocycles. The molecule has 1 atom stereocenters. The first kappa shape index (κ1) is 15.7. The Morgan fingerprint density at radius 2 is 2.16 bits per heavy atom. The fourth-order valence-corrected chi connectivity index (χ4v) is 2.83. The first-order valence-corrected chi connectivity index (χ1v) is 8.29. The zero-order valence-electron chi connectivity index (χ0n) is 13.2. The maximum Gasteiger partial charge on any atom is 0.413 e. The topological polar surface area (TPSA) is 73.2 Å². The number of fused-ring (bicyclic) bond motifs is 1. The van der Waals surface area contributed by atoms with Crippen LogP contribution in [-0.2, 0) is 11.3 Å². The van der Waals surface area contributed by atoms with Crippen molar-refractivity contribution < 1.29 is 9.53 Å². The first-order chi connectivity index (χ1) is 12.1. The summed E-state index contributed by atoms with van der Waals surface area (Å²) in [7, 11) is 0. The highest BCUT2D eigenvalue weighted by Gasteiger charge is 2.27.